The Kier molecular flexibility index (Phi) is 6.37. The van der Waals surface area contributed by atoms with Gasteiger partial charge in [-0.2, -0.15) is 0 Å². The third-order valence-electron chi connectivity index (χ3n) is 3.55. The fourth-order valence-electron chi connectivity index (χ4n) is 2.50. The topological polar surface area (TPSA) is 62.8 Å². The van der Waals surface area contributed by atoms with Crippen LogP contribution in [0.4, 0.5) is 0 Å². The smallest absolute Gasteiger partial charge is 0.0788 e. The minimum absolute atomic E-state index is 0.340. The summed E-state index contributed by atoms with van der Waals surface area (Å²) in [5.41, 5.74) is 0. The molecule has 3 N–H and O–H groups in total. The molecule has 2 saturated heterocycles. The summed E-state index contributed by atoms with van der Waals surface area (Å²) in [5, 5.41) is 16.3. The number of aliphatic hydroxyl groups excluding tert-OH is 1. The fraction of sp³-hybridized carbons (Fsp3) is 1.00. The molecule has 2 aliphatic rings. The fourth-order valence-corrected chi connectivity index (χ4v) is 2.50. The molecule has 0 aromatic rings. The van der Waals surface area contributed by atoms with Gasteiger partial charge in [0, 0.05) is 39.4 Å². The molecule has 18 heavy (non-hydrogen) atoms. The number of hydrogen-bond acceptors (Lipinski definition) is 5. The molecule has 2 atom stereocenters. The van der Waals surface area contributed by atoms with Crippen LogP contribution in [0.1, 0.15) is 25.7 Å². The highest BCUT2D eigenvalue weighted by Gasteiger charge is 2.16. The summed E-state index contributed by atoms with van der Waals surface area (Å²) >= 11 is 0. The molecule has 0 saturated carbocycles. The van der Waals surface area contributed by atoms with Crippen molar-refractivity contribution in [2.24, 2.45) is 0 Å². The van der Waals surface area contributed by atoms with Crippen molar-refractivity contribution in [2.75, 3.05) is 39.4 Å². The quantitative estimate of drug-likeness (QED) is 0.567. The maximum Gasteiger partial charge on any atom is 0.0788 e. The van der Waals surface area contributed by atoms with Gasteiger partial charge < -0.3 is 25.2 Å². The number of rotatable bonds is 8. The highest BCUT2D eigenvalue weighted by Crippen LogP contribution is 2.11. The summed E-state index contributed by atoms with van der Waals surface area (Å²) in [6.45, 7) is 4.72. The van der Waals surface area contributed by atoms with Crippen LogP contribution in [0.25, 0.3) is 0 Å². The molecule has 0 radical (unpaired) electrons. The van der Waals surface area contributed by atoms with E-state index in [0.717, 1.165) is 52.0 Å². The predicted octanol–water partition coefficient (Wildman–Crippen LogP) is -0.115. The van der Waals surface area contributed by atoms with Gasteiger partial charge in [0.1, 0.15) is 0 Å². The number of nitrogens with one attached hydrogen (secondary N) is 2. The lowest BCUT2D eigenvalue weighted by Gasteiger charge is -2.16. The second-order valence-electron chi connectivity index (χ2n) is 5.24. The summed E-state index contributed by atoms with van der Waals surface area (Å²) in [5.74, 6) is 0. The van der Waals surface area contributed by atoms with Crippen molar-refractivity contribution < 1.29 is 14.6 Å². The van der Waals surface area contributed by atoms with Gasteiger partial charge in [0.25, 0.3) is 0 Å². The summed E-state index contributed by atoms with van der Waals surface area (Å²) < 4.78 is 11.0. The summed E-state index contributed by atoms with van der Waals surface area (Å²) in [7, 11) is 0. The van der Waals surface area contributed by atoms with E-state index in [0.29, 0.717) is 25.3 Å². The van der Waals surface area contributed by atoms with Gasteiger partial charge in [-0.15, -0.1) is 0 Å². The van der Waals surface area contributed by atoms with E-state index in [1.54, 1.807) is 0 Å². The molecule has 0 aliphatic carbocycles. The lowest BCUT2D eigenvalue weighted by atomic mass is 10.2. The van der Waals surface area contributed by atoms with Crippen LogP contribution in [0, 0.1) is 0 Å². The van der Waals surface area contributed by atoms with E-state index in [-0.39, 0.29) is 6.10 Å². The monoisotopic (exact) mass is 258 g/mol. The van der Waals surface area contributed by atoms with Crippen molar-refractivity contribution in [1.82, 2.24) is 10.6 Å². The largest absolute Gasteiger partial charge is 0.390 e. The second kappa shape index (κ2) is 8.07. The Morgan fingerprint density at radius 1 is 0.944 bits per heavy atom. The van der Waals surface area contributed by atoms with Crippen LogP contribution < -0.4 is 10.6 Å². The average molecular weight is 258 g/mol. The molecule has 2 unspecified atom stereocenters. The predicted molar refractivity (Wildman–Crippen MR) is 69.7 cm³/mol. The zero-order chi connectivity index (χ0) is 12.6. The van der Waals surface area contributed by atoms with Crippen molar-refractivity contribution in [2.45, 2.75) is 44.0 Å². The van der Waals surface area contributed by atoms with Crippen molar-refractivity contribution in [1.29, 1.82) is 0 Å². The molecule has 0 bridgehead atoms. The molecule has 0 aromatic heterocycles. The Bertz CT molecular complexity index is 194. The van der Waals surface area contributed by atoms with Crippen LogP contribution >= 0.6 is 0 Å². The van der Waals surface area contributed by atoms with E-state index in [2.05, 4.69) is 10.6 Å². The molecule has 106 valence electrons. The van der Waals surface area contributed by atoms with Gasteiger partial charge >= 0.3 is 0 Å². The first kappa shape index (κ1) is 14.2. The first-order valence-electron chi connectivity index (χ1n) is 7.17. The highest BCUT2D eigenvalue weighted by atomic mass is 16.5. The Labute approximate surface area is 109 Å². The van der Waals surface area contributed by atoms with Crippen molar-refractivity contribution in [3.8, 4) is 0 Å². The molecule has 0 aromatic carbocycles. The Hall–Kier alpha value is -0.200. The molecule has 5 heteroatoms. The van der Waals surface area contributed by atoms with Gasteiger partial charge in [-0.25, -0.2) is 0 Å². The average Bonchev–Trinajstić information content (AvgIpc) is 3.01. The molecule has 0 amide bonds. The van der Waals surface area contributed by atoms with E-state index in [9.17, 15) is 5.11 Å². The standard InChI is InChI=1S/C13H26N2O3/c16-11(7-14-9-12-3-1-5-17-12)8-15-10-13-4-2-6-18-13/h11-16H,1-10H2. The van der Waals surface area contributed by atoms with Crippen LogP contribution in [0.2, 0.25) is 0 Å². The molecule has 2 fully saturated rings. The van der Waals surface area contributed by atoms with Gasteiger partial charge in [0.2, 0.25) is 0 Å². The van der Waals surface area contributed by atoms with Gasteiger partial charge in [0.05, 0.1) is 18.3 Å². The van der Waals surface area contributed by atoms with Crippen LogP contribution in [-0.4, -0.2) is 62.8 Å². The van der Waals surface area contributed by atoms with Crippen molar-refractivity contribution >= 4 is 0 Å². The molecule has 5 nitrogen and oxygen atoms in total. The van der Waals surface area contributed by atoms with E-state index in [1.165, 1.54) is 0 Å². The Morgan fingerprint density at radius 3 is 1.83 bits per heavy atom. The third-order valence-corrected chi connectivity index (χ3v) is 3.55. The molecule has 0 spiro atoms. The summed E-state index contributed by atoms with van der Waals surface area (Å²) in [6.07, 6.45) is 4.96. The Morgan fingerprint density at radius 2 is 1.44 bits per heavy atom. The summed E-state index contributed by atoms with van der Waals surface area (Å²) in [4.78, 5) is 0. The third kappa shape index (κ3) is 5.20. The highest BCUT2D eigenvalue weighted by molar-refractivity contribution is 4.72. The lowest BCUT2D eigenvalue weighted by Crippen LogP contribution is -2.40. The van der Waals surface area contributed by atoms with Crippen molar-refractivity contribution in [3.63, 3.8) is 0 Å². The minimum atomic E-state index is -0.340. The first-order chi connectivity index (χ1) is 8.84. The van der Waals surface area contributed by atoms with Gasteiger partial charge in [-0.3, -0.25) is 0 Å². The zero-order valence-corrected chi connectivity index (χ0v) is 11.1. The Balaban J connectivity index is 1.43. The van der Waals surface area contributed by atoms with Crippen molar-refractivity contribution in [3.05, 3.63) is 0 Å². The van der Waals surface area contributed by atoms with Gasteiger partial charge in [0.15, 0.2) is 0 Å². The van der Waals surface area contributed by atoms with E-state index in [1.807, 2.05) is 0 Å². The van der Waals surface area contributed by atoms with E-state index in [4.69, 9.17) is 9.47 Å². The second-order valence-corrected chi connectivity index (χ2v) is 5.24. The summed E-state index contributed by atoms with van der Waals surface area (Å²) in [6, 6.07) is 0. The van der Waals surface area contributed by atoms with Gasteiger partial charge in [-0.05, 0) is 25.7 Å². The maximum absolute atomic E-state index is 9.79. The van der Waals surface area contributed by atoms with E-state index < -0.39 is 0 Å². The molecular formula is C13H26N2O3. The van der Waals surface area contributed by atoms with Gasteiger partial charge in [-0.1, -0.05) is 0 Å². The number of aliphatic hydroxyl groups is 1. The van der Waals surface area contributed by atoms with Crippen LogP contribution in [0.3, 0.4) is 0 Å². The number of ether oxygens (including phenoxy) is 2. The molecule has 2 rings (SSSR count). The minimum Gasteiger partial charge on any atom is -0.390 e. The number of hydrogen-bond donors (Lipinski definition) is 3. The zero-order valence-electron chi connectivity index (χ0n) is 11.1. The SMILES string of the molecule is OC(CNCC1CCCO1)CNCC1CCCO1. The molecule has 2 aliphatic heterocycles. The van der Waals surface area contributed by atoms with Crippen LogP contribution in [-0.2, 0) is 9.47 Å². The van der Waals surface area contributed by atoms with Crippen LogP contribution in [0.15, 0.2) is 0 Å². The maximum atomic E-state index is 9.79. The normalized spacial score (nSPS) is 29.8. The lowest BCUT2D eigenvalue weighted by molar-refractivity contribution is 0.0967. The molecule has 2 heterocycles. The molecular weight excluding hydrogens is 232 g/mol. The van der Waals surface area contributed by atoms with E-state index >= 15 is 0 Å². The first-order valence-corrected chi connectivity index (χ1v) is 7.17. The van der Waals surface area contributed by atoms with Crippen LogP contribution in [0.5, 0.6) is 0 Å².